The Kier molecular flexibility index (Phi) is 4.29. The molecule has 0 aliphatic carbocycles. The van der Waals surface area contributed by atoms with Crippen molar-refractivity contribution >= 4 is 11.6 Å². The summed E-state index contributed by atoms with van der Waals surface area (Å²) in [5, 5.41) is 22.1. The second-order valence-corrected chi connectivity index (χ2v) is 4.15. The molecule has 2 N–H and O–H groups in total. The summed E-state index contributed by atoms with van der Waals surface area (Å²) in [6, 6.07) is 5.00. The maximum atomic E-state index is 13.7. The van der Waals surface area contributed by atoms with E-state index in [0.29, 0.717) is 11.8 Å². The fraction of sp³-hybridized carbons (Fsp3) is 0.154. The molecule has 0 radical (unpaired) electrons. The fourth-order valence-corrected chi connectivity index (χ4v) is 1.73. The van der Waals surface area contributed by atoms with E-state index in [4.69, 9.17) is 4.42 Å². The largest absolute Gasteiger partial charge is 0.467 e. The highest BCUT2D eigenvalue weighted by Gasteiger charge is 2.21. The summed E-state index contributed by atoms with van der Waals surface area (Å²) in [7, 11) is 0. The quantitative estimate of drug-likeness (QED) is 0.646. The van der Waals surface area contributed by atoms with Gasteiger partial charge in [-0.25, -0.2) is 4.39 Å². The number of rotatable bonds is 5. The highest BCUT2D eigenvalue weighted by Crippen LogP contribution is 2.18. The van der Waals surface area contributed by atoms with E-state index in [-0.39, 0.29) is 5.56 Å². The normalized spacial score (nSPS) is 11.9. The van der Waals surface area contributed by atoms with Gasteiger partial charge in [0.15, 0.2) is 0 Å². The molecule has 0 spiro atoms. The second-order valence-electron chi connectivity index (χ2n) is 4.15. The maximum absolute atomic E-state index is 13.7. The van der Waals surface area contributed by atoms with Crippen LogP contribution >= 0.6 is 0 Å². The number of non-ortho nitro benzene ring substituents is 1. The van der Waals surface area contributed by atoms with Crippen LogP contribution in [-0.2, 0) is 0 Å². The molecule has 0 fully saturated rings. The van der Waals surface area contributed by atoms with Gasteiger partial charge >= 0.3 is 0 Å². The lowest BCUT2D eigenvalue weighted by Gasteiger charge is -2.14. The van der Waals surface area contributed by atoms with E-state index in [1.807, 2.05) is 0 Å². The van der Waals surface area contributed by atoms with E-state index in [9.17, 15) is 24.4 Å². The number of nitrogens with one attached hydrogen (secondary N) is 1. The van der Waals surface area contributed by atoms with Gasteiger partial charge in [0.2, 0.25) is 0 Å². The third-order valence-corrected chi connectivity index (χ3v) is 2.78. The number of hydrogen-bond donors (Lipinski definition) is 2. The first-order chi connectivity index (χ1) is 10.0. The number of amides is 1. The number of nitro benzene ring substituents is 1. The third kappa shape index (κ3) is 3.23. The molecule has 2 rings (SSSR count). The van der Waals surface area contributed by atoms with Crippen molar-refractivity contribution < 1.29 is 23.6 Å². The van der Waals surface area contributed by atoms with Crippen LogP contribution < -0.4 is 5.32 Å². The Bertz CT molecular complexity index is 657. The van der Waals surface area contributed by atoms with Crippen LogP contribution in [0.4, 0.5) is 10.1 Å². The molecule has 110 valence electrons. The SMILES string of the molecule is O=C(NC(CO)c1ccco1)c1ccc([N+](=O)[O-])cc1F. The van der Waals surface area contributed by atoms with Crippen molar-refractivity contribution in [1.82, 2.24) is 5.32 Å². The van der Waals surface area contributed by atoms with Crippen molar-refractivity contribution in [1.29, 1.82) is 0 Å². The molecule has 7 nitrogen and oxygen atoms in total. The average molecular weight is 294 g/mol. The molecule has 1 atom stereocenters. The summed E-state index contributed by atoms with van der Waals surface area (Å²) in [6.07, 6.45) is 1.37. The highest BCUT2D eigenvalue weighted by atomic mass is 19.1. The van der Waals surface area contributed by atoms with Crippen LogP contribution in [0.1, 0.15) is 22.2 Å². The fourth-order valence-electron chi connectivity index (χ4n) is 1.73. The molecule has 8 heteroatoms. The van der Waals surface area contributed by atoms with Crippen LogP contribution in [0.2, 0.25) is 0 Å². The van der Waals surface area contributed by atoms with Gasteiger partial charge in [-0.2, -0.15) is 0 Å². The Balaban J connectivity index is 2.18. The average Bonchev–Trinajstić information content (AvgIpc) is 2.98. The first-order valence-corrected chi connectivity index (χ1v) is 5.92. The number of nitrogens with zero attached hydrogens (tertiary/aromatic N) is 1. The summed E-state index contributed by atoms with van der Waals surface area (Å²) in [5.41, 5.74) is -0.806. The number of furan rings is 1. The van der Waals surface area contributed by atoms with Gasteiger partial charge in [0.25, 0.3) is 11.6 Å². The van der Waals surface area contributed by atoms with Gasteiger partial charge in [-0.1, -0.05) is 0 Å². The number of carbonyl (C=O) groups is 1. The van der Waals surface area contributed by atoms with Crippen molar-refractivity contribution in [2.24, 2.45) is 0 Å². The first-order valence-electron chi connectivity index (χ1n) is 5.92. The molecule has 1 aromatic carbocycles. The molecule has 1 amide bonds. The topological polar surface area (TPSA) is 106 Å². The number of carbonyl (C=O) groups excluding carboxylic acids is 1. The zero-order chi connectivity index (χ0) is 15.4. The van der Waals surface area contributed by atoms with Gasteiger partial charge in [-0.05, 0) is 18.2 Å². The van der Waals surface area contributed by atoms with Crippen LogP contribution in [0, 0.1) is 15.9 Å². The highest BCUT2D eigenvalue weighted by molar-refractivity contribution is 5.94. The zero-order valence-corrected chi connectivity index (χ0v) is 10.7. The minimum Gasteiger partial charge on any atom is -0.467 e. The molecule has 1 heterocycles. The van der Waals surface area contributed by atoms with Gasteiger partial charge in [0.1, 0.15) is 17.6 Å². The van der Waals surface area contributed by atoms with E-state index in [0.717, 1.165) is 12.1 Å². The standard InChI is InChI=1S/C13H11FN2O5/c14-10-6-8(16(19)20)3-4-9(10)13(18)15-11(7-17)12-2-1-5-21-12/h1-6,11,17H,7H2,(H,15,18). The smallest absolute Gasteiger partial charge is 0.272 e. The van der Waals surface area contributed by atoms with Crippen molar-refractivity contribution in [3.05, 3.63) is 63.9 Å². The van der Waals surface area contributed by atoms with Gasteiger partial charge in [-0.15, -0.1) is 0 Å². The molecule has 1 aromatic heterocycles. The van der Waals surface area contributed by atoms with Crippen LogP contribution in [0.25, 0.3) is 0 Å². The summed E-state index contributed by atoms with van der Waals surface area (Å²) >= 11 is 0. The predicted octanol–water partition coefficient (Wildman–Crippen LogP) is 1.79. The monoisotopic (exact) mass is 294 g/mol. The number of hydrogen-bond acceptors (Lipinski definition) is 5. The number of aliphatic hydroxyl groups is 1. The molecule has 0 aliphatic heterocycles. The van der Waals surface area contributed by atoms with Gasteiger partial charge in [0.05, 0.1) is 29.4 Å². The zero-order valence-electron chi connectivity index (χ0n) is 10.7. The van der Waals surface area contributed by atoms with Crippen molar-refractivity contribution in [2.45, 2.75) is 6.04 Å². The van der Waals surface area contributed by atoms with Crippen LogP contribution in [-0.4, -0.2) is 22.5 Å². The summed E-state index contributed by atoms with van der Waals surface area (Å²) in [5.74, 6) is -1.51. The number of halogens is 1. The number of aliphatic hydroxyl groups excluding tert-OH is 1. The molecule has 2 aromatic rings. The van der Waals surface area contributed by atoms with Crippen molar-refractivity contribution in [3.63, 3.8) is 0 Å². The number of nitro groups is 1. The lowest BCUT2D eigenvalue weighted by Crippen LogP contribution is -2.31. The van der Waals surface area contributed by atoms with Crippen molar-refractivity contribution in [2.75, 3.05) is 6.61 Å². The van der Waals surface area contributed by atoms with Crippen LogP contribution in [0.5, 0.6) is 0 Å². The molecule has 21 heavy (non-hydrogen) atoms. The molecular formula is C13H11FN2O5. The molecule has 0 saturated carbocycles. The molecular weight excluding hydrogens is 283 g/mol. The van der Waals surface area contributed by atoms with E-state index in [1.54, 1.807) is 12.1 Å². The molecule has 0 saturated heterocycles. The van der Waals surface area contributed by atoms with Crippen LogP contribution in [0.3, 0.4) is 0 Å². The third-order valence-electron chi connectivity index (χ3n) is 2.78. The summed E-state index contributed by atoms with van der Waals surface area (Å²) in [6.45, 7) is -0.437. The van der Waals surface area contributed by atoms with Crippen LogP contribution in [0.15, 0.2) is 41.0 Å². The minimum absolute atomic E-state index is 0.313. The minimum atomic E-state index is -1.02. The Labute approximate surface area is 118 Å². The van der Waals surface area contributed by atoms with E-state index >= 15 is 0 Å². The lowest BCUT2D eigenvalue weighted by molar-refractivity contribution is -0.385. The molecule has 0 bridgehead atoms. The van der Waals surface area contributed by atoms with E-state index < -0.39 is 35.0 Å². The summed E-state index contributed by atoms with van der Waals surface area (Å²) < 4.78 is 18.8. The number of benzene rings is 1. The second kappa shape index (κ2) is 6.14. The lowest BCUT2D eigenvalue weighted by atomic mass is 10.1. The van der Waals surface area contributed by atoms with Gasteiger partial charge in [-0.3, -0.25) is 14.9 Å². The predicted molar refractivity (Wildman–Crippen MR) is 69.1 cm³/mol. The molecule has 1 unspecified atom stereocenters. The Hall–Kier alpha value is -2.74. The summed E-state index contributed by atoms with van der Waals surface area (Å²) in [4.78, 5) is 21.7. The first kappa shape index (κ1) is 14.7. The van der Waals surface area contributed by atoms with Gasteiger partial charge < -0.3 is 14.8 Å². The Morgan fingerprint density at radius 1 is 1.48 bits per heavy atom. The Morgan fingerprint density at radius 3 is 2.76 bits per heavy atom. The molecule has 0 aliphatic rings. The maximum Gasteiger partial charge on any atom is 0.272 e. The van der Waals surface area contributed by atoms with Gasteiger partial charge in [0, 0.05) is 6.07 Å². The Morgan fingerprint density at radius 2 is 2.24 bits per heavy atom. The van der Waals surface area contributed by atoms with E-state index in [1.165, 1.54) is 6.26 Å². The van der Waals surface area contributed by atoms with Crippen molar-refractivity contribution in [3.8, 4) is 0 Å². The van der Waals surface area contributed by atoms with E-state index in [2.05, 4.69) is 5.32 Å².